The summed E-state index contributed by atoms with van der Waals surface area (Å²) in [7, 11) is 0. The number of rotatable bonds is 5. The van der Waals surface area contributed by atoms with E-state index in [2.05, 4.69) is 5.32 Å². The van der Waals surface area contributed by atoms with Gasteiger partial charge in [0.25, 0.3) is 0 Å². The highest BCUT2D eigenvalue weighted by molar-refractivity contribution is 5.94. The number of benzene rings is 3. The van der Waals surface area contributed by atoms with Crippen LogP contribution in [0.5, 0.6) is 11.5 Å². The Hall–Kier alpha value is -4.33. The van der Waals surface area contributed by atoms with Gasteiger partial charge in [0, 0.05) is 12.1 Å². The molecule has 0 fully saturated rings. The van der Waals surface area contributed by atoms with E-state index >= 15 is 0 Å². The summed E-state index contributed by atoms with van der Waals surface area (Å²) in [4.78, 5) is 37.0. The molecule has 0 unspecified atom stereocenters. The Morgan fingerprint density at radius 3 is 2.53 bits per heavy atom. The van der Waals surface area contributed by atoms with Gasteiger partial charge in [0.05, 0.1) is 5.39 Å². The van der Waals surface area contributed by atoms with E-state index in [4.69, 9.17) is 13.9 Å². The summed E-state index contributed by atoms with van der Waals surface area (Å²) in [6.45, 7) is 1.49. The number of amides is 1. The van der Waals surface area contributed by atoms with Crippen LogP contribution in [0.4, 0.5) is 4.79 Å². The lowest BCUT2D eigenvalue weighted by Crippen LogP contribution is -2.41. The van der Waals surface area contributed by atoms with Crippen LogP contribution in [0, 0.1) is 0 Å². The second-order valence-electron chi connectivity index (χ2n) is 7.09. The minimum atomic E-state index is -1.03. The summed E-state index contributed by atoms with van der Waals surface area (Å²) in [5.74, 6) is -1.21. The third-order valence-corrected chi connectivity index (χ3v) is 4.75. The first-order valence-corrected chi connectivity index (χ1v) is 9.80. The Bertz CT molecular complexity index is 1360. The lowest BCUT2D eigenvalue weighted by Gasteiger charge is -2.14. The van der Waals surface area contributed by atoms with Crippen LogP contribution in [0.3, 0.4) is 0 Å². The Labute approximate surface area is 182 Å². The van der Waals surface area contributed by atoms with Gasteiger partial charge in [-0.15, -0.1) is 0 Å². The molecule has 0 aliphatic heterocycles. The van der Waals surface area contributed by atoms with Gasteiger partial charge >= 0.3 is 12.1 Å². The molecule has 4 aromatic rings. The molecule has 0 radical (unpaired) electrons. The van der Waals surface area contributed by atoms with Crippen molar-refractivity contribution in [1.82, 2.24) is 5.32 Å². The van der Waals surface area contributed by atoms with Crippen molar-refractivity contribution in [2.24, 2.45) is 0 Å². The fourth-order valence-electron chi connectivity index (χ4n) is 3.15. The lowest BCUT2D eigenvalue weighted by atomic mass is 10.1. The molecular formula is C24H19NO7. The number of hydrogen-bond donors (Lipinski definition) is 2. The number of fused-ring (bicyclic) bond motifs is 2. The van der Waals surface area contributed by atoms with Crippen LogP contribution in [0.15, 0.2) is 75.9 Å². The maximum absolute atomic E-state index is 12.6. The first-order valence-electron chi connectivity index (χ1n) is 9.80. The molecule has 0 aliphatic rings. The summed E-state index contributed by atoms with van der Waals surface area (Å²) < 4.78 is 16.0. The van der Waals surface area contributed by atoms with Crippen LogP contribution in [0.2, 0.25) is 0 Å². The number of alkyl carbamates (subject to hydrolysis) is 1. The molecule has 1 amide bonds. The topological polar surface area (TPSA) is 115 Å². The second-order valence-corrected chi connectivity index (χ2v) is 7.09. The van der Waals surface area contributed by atoms with Crippen LogP contribution in [0.1, 0.15) is 12.5 Å². The number of carbonyl (C=O) groups excluding carboxylic acids is 2. The van der Waals surface area contributed by atoms with Gasteiger partial charge in [0.2, 0.25) is 5.43 Å². The van der Waals surface area contributed by atoms with Crippen LogP contribution in [-0.2, 0) is 16.1 Å². The van der Waals surface area contributed by atoms with Gasteiger partial charge in [0.15, 0.2) is 0 Å². The number of ether oxygens (including phenoxy) is 2. The zero-order chi connectivity index (χ0) is 22.7. The minimum absolute atomic E-state index is 0.0147. The molecule has 0 bridgehead atoms. The summed E-state index contributed by atoms with van der Waals surface area (Å²) in [6.07, 6.45) is -0.780. The largest absolute Gasteiger partial charge is 0.507 e. The number of phenols is 1. The molecule has 0 saturated heterocycles. The highest BCUT2D eigenvalue weighted by atomic mass is 16.6. The monoisotopic (exact) mass is 433 g/mol. The van der Waals surface area contributed by atoms with E-state index in [1.54, 1.807) is 36.4 Å². The molecule has 3 aromatic carbocycles. The molecule has 0 spiro atoms. The van der Waals surface area contributed by atoms with Crippen molar-refractivity contribution in [3.05, 3.63) is 82.5 Å². The van der Waals surface area contributed by atoms with Gasteiger partial charge in [-0.1, -0.05) is 42.5 Å². The molecule has 0 aliphatic carbocycles. The SMILES string of the molecule is C[C@@H](NC(=O)OCc1ccccc1)C(=O)Oc1cc(O)c2c(=O)c3ccccc3oc2c1. The van der Waals surface area contributed by atoms with Gasteiger partial charge in [-0.25, -0.2) is 9.59 Å². The molecule has 1 aromatic heterocycles. The number of para-hydroxylation sites is 1. The van der Waals surface area contributed by atoms with Gasteiger partial charge in [0.1, 0.15) is 40.7 Å². The Morgan fingerprint density at radius 1 is 1.03 bits per heavy atom. The summed E-state index contributed by atoms with van der Waals surface area (Å²) in [5, 5.41) is 13.0. The van der Waals surface area contributed by atoms with Crippen LogP contribution < -0.4 is 15.5 Å². The molecule has 32 heavy (non-hydrogen) atoms. The van der Waals surface area contributed by atoms with E-state index in [1.807, 2.05) is 18.2 Å². The van der Waals surface area contributed by atoms with E-state index in [0.717, 1.165) is 11.6 Å². The Balaban J connectivity index is 1.46. The number of phenolic OH excluding ortho intramolecular Hbond substituents is 1. The van der Waals surface area contributed by atoms with E-state index in [1.165, 1.54) is 13.0 Å². The lowest BCUT2D eigenvalue weighted by molar-refractivity contribution is -0.136. The fourth-order valence-corrected chi connectivity index (χ4v) is 3.15. The molecule has 4 rings (SSSR count). The number of nitrogens with one attached hydrogen (secondary N) is 1. The minimum Gasteiger partial charge on any atom is -0.507 e. The first kappa shape index (κ1) is 20.9. The Kier molecular flexibility index (Phi) is 5.76. The van der Waals surface area contributed by atoms with Crippen LogP contribution in [0.25, 0.3) is 21.9 Å². The highest BCUT2D eigenvalue weighted by Crippen LogP contribution is 2.30. The number of aromatic hydroxyl groups is 1. The van der Waals surface area contributed by atoms with Crippen molar-refractivity contribution in [3.8, 4) is 11.5 Å². The highest BCUT2D eigenvalue weighted by Gasteiger charge is 2.20. The van der Waals surface area contributed by atoms with Crippen molar-refractivity contribution in [1.29, 1.82) is 0 Å². The van der Waals surface area contributed by atoms with Gasteiger partial charge in [-0.05, 0) is 24.6 Å². The smallest absolute Gasteiger partial charge is 0.408 e. The predicted molar refractivity (Wildman–Crippen MR) is 117 cm³/mol. The van der Waals surface area contributed by atoms with Gasteiger partial charge in [-0.3, -0.25) is 4.79 Å². The maximum atomic E-state index is 12.6. The van der Waals surface area contributed by atoms with Crippen LogP contribution >= 0.6 is 0 Å². The molecule has 1 heterocycles. The van der Waals surface area contributed by atoms with E-state index in [9.17, 15) is 19.5 Å². The standard InChI is InChI=1S/C24H19NO7/c1-14(25-24(29)30-13-15-7-3-2-4-8-15)23(28)31-16-11-18(26)21-20(12-16)32-19-10-6-5-9-17(19)22(21)27/h2-12,14,26H,13H2,1H3,(H,25,29)/t14-/m1/s1. The average molecular weight is 433 g/mol. The second kappa shape index (κ2) is 8.81. The third-order valence-electron chi connectivity index (χ3n) is 4.75. The molecule has 0 saturated carbocycles. The van der Waals surface area contributed by atoms with Crippen molar-refractivity contribution in [2.45, 2.75) is 19.6 Å². The maximum Gasteiger partial charge on any atom is 0.408 e. The van der Waals surface area contributed by atoms with Crippen molar-refractivity contribution < 1.29 is 28.6 Å². The zero-order valence-electron chi connectivity index (χ0n) is 17.0. The van der Waals surface area contributed by atoms with E-state index in [-0.39, 0.29) is 29.1 Å². The average Bonchev–Trinajstić information content (AvgIpc) is 2.78. The number of esters is 1. The van der Waals surface area contributed by atoms with E-state index in [0.29, 0.717) is 11.0 Å². The van der Waals surface area contributed by atoms with Crippen molar-refractivity contribution in [3.63, 3.8) is 0 Å². The summed E-state index contributed by atoms with van der Waals surface area (Å²) in [6, 6.07) is 17.2. The molecule has 8 nitrogen and oxygen atoms in total. The van der Waals surface area contributed by atoms with Crippen molar-refractivity contribution >= 4 is 34.0 Å². The van der Waals surface area contributed by atoms with Crippen LogP contribution in [-0.4, -0.2) is 23.2 Å². The summed E-state index contributed by atoms with van der Waals surface area (Å²) >= 11 is 0. The Morgan fingerprint density at radius 2 is 1.75 bits per heavy atom. The van der Waals surface area contributed by atoms with Gasteiger partial charge < -0.3 is 24.3 Å². The summed E-state index contributed by atoms with van der Waals surface area (Å²) in [5.41, 5.74) is 0.815. The normalized spacial score (nSPS) is 11.8. The van der Waals surface area contributed by atoms with E-state index < -0.39 is 23.5 Å². The third kappa shape index (κ3) is 4.39. The molecule has 1 atom stereocenters. The number of carbonyl (C=O) groups is 2. The fraction of sp³-hybridized carbons (Fsp3) is 0.125. The molecule has 162 valence electrons. The number of hydrogen-bond acceptors (Lipinski definition) is 7. The predicted octanol–water partition coefficient (Wildman–Crippen LogP) is 3.87. The quantitative estimate of drug-likeness (QED) is 0.279. The zero-order valence-corrected chi connectivity index (χ0v) is 17.0. The van der Waals surface area contributed by atoms with Crippen molar-refractivity contribution in [2.75, 3.05) is 0 Å². The molecular weight excluding hydrogens is 414 g/mol. The molecule has 2 N–H and O–H groups in total. The van der Waals surface area contributed by atoms with Gasteiger partial charge in [-0.2, -0.15) is 0 Å². The first-order chi connectivity index (χ1) is 15.4. The molecule has 8 heteroatoms.